The molecule has 0 radical (unpaired) electrons. The van der Waals surface area contributed by atoms with Gasteiger partial charge in [0, 0.05) is 18.8 Å². The summed E-state index contributed by atoms with van der Waals surface area (Å²) < 4.78 is 14.8. The van der Waals surface area contributed by atoms with E-state index in [-0.39, 0.29) is 19.1 Å². The lowest BCUT2D eigenvalue weighted by Gasteiger charge is -2.17. The van der Waals surface area contributed by atoms with Crippen LogP contribution in [0.3, 0.4) is 0 Å². The Balaban J connectivity index is 2.11. The van der Waals surface area contributed by atoms with Crippen molar-refractivity contribution in [3.8, 4) is 11.5 Å². The summed E-state index contributed by atoms with van der Waals surface area (Å²) in [6.07, 6.45) is -0.290. The van der Waals surface area contributed by atoms with Gasteiger partial charge in [0.05, 0.1) is 7.11 Å². The van der Waals surface area contributed by atoms with Gasteiger partial charge in [0.15, 0.2) is 11.5 Å². The molecule has 0 unspecified atom stereocenters. The van der Waals surface area contributed by atoms with Crippen molar-refractivity contribution in [1.82, 2.24) is 0 Å². The number of hydrogen-bond acceptors (Lipinski definition) is 5. The molecule has 0 fully saturated rings. The third-order valence-corrected chi connectivity index (χ3v) is 2.64. The zero-order chi connectivity index (χ0) is 13.1. The minimum absolute atomic E-state index is 0.179. The molecule has 0 N–H and O–H groups in total. The van der Waals surface area contributed by atoms with E-state index in [0.717, 1.165) is 0 Å². The molecule has 0 bridgehead atoms. The first-order valence-corrected chi connectivity index (χ1v) is 5.35. The summed E-state index contributed by atoms with van der Waals surface area (Å²) in [5.41, 5.74) is 0.633. The van der Waals surface area contributed by atoms with E-state index in [1.54, 1.807) is 25.2 Å². The Kier molecular flexibility index (Phi) is 3.36. The molecular formula is C12H13NO5. The Labute approximate surface area is 104 Å². The van der Waals surface area contributed by atoms with Gasteiger partial charge in [-0.15, -0.1) is 0 Å². The Morgan fingerprint density at radius 3 is 2.78 bits per heavy atom. The molecule has 1 aliphatic heterocycles. The molecule has 1 amide bonds. The molecule has 1 heterocycles. The van der Waals surface area contributed by atoms with Gasteiger partial charge in [-0.3, -0.25) is 9.59 Å². The minimum Gasteiger partial charge on any atom is -0.469 e. The number of methoxy groups -OCH3 is 1. The van der Waals surface area contributed by atoms with Gasteiger partial charge < -0.3 is 19.1 Å². The van der Waals surface area contributed by atoms with Crippen LogP contribution in [0.15, 0.2) is 18.2 Å². The van der Waals surface area contributed by atoms with E-state index in [4.69, 9.17) is 9.47 Å². The first-order chi connectivity index (χ1) is 8.61. The highest BCUT2D eigenvalue weighted by molar-refractivity contribution is 6.03. The molecule has 1 aromatic rings. The van der Waals surface area contributed by atoms with Gasteiger partial charge >= 0.3 is 5.97 Å². The van der Waals surface area contributed by atoms with Gasteiger partial charge in [0.2, 0.25) is 12.7 Å². The number of fused-ring (bicyclic) bond motifs is 1. The van der Waals surface area contributed by atoms with Crippen molar-refractivity contribution in [1.29, 1.82) is 0 Å². The van der Waals surface area contributed by atoms with Crippen molar-refractivity contribution < 1.29 is 23.8 Å². The van der Waals surface area contributed by atoms with Gasteiger partial charge in [0.25, 0.3) is 0 Å². The van der Waals surface area contributed by atoms with Crippen molar-refractivity contribution in [2.75, 3.05) is 25.9 Å². The molecule has 0 spiro atoms. The summed E-state index contributed by atoms with van der Waals surface area (Å²) >= 11 is 0. The summed E-state index contributed by atoms with van der Waals surface area (Å²) in [5.74, 6) is 0.325. The van der Waals surface area contributed by atoms with Crippen molar-refractivity contribution in [2.45, 2.75) is 6.42 Å². The van der Waals surface area contributed by atoms with E-state index in [2.05, 4.69) is 4.74 Å². The summed E-state index contributed by atoms with van der Waals surface area (Å²) in [5, 5.41) is 0. The molecule has 0 saturated carbocycles. The van der Waals surface area contributed by atoms with Gasteiger partial charge in [-0.1, -0.05) is 0 Å². The Morgan fingerprint density at radius 2 is 2.06 bits per heavy atom. The number of anilines is 1. The molecule has 0 aromatic heterocycles. The quantitative estimate of drug-likeness (QED) is 0.591. The number of rotatable bonds is 3. The van der Waals surface area contributed by atoms with Crippen LogP contribution in [0.25, 0.3) is 0 Å². The molecule has 1 aromatic carbocycles. The second-order valence-corrected chi connectivity index (χ2v) is 3.74. The van der Waals surface area contributed by atoms with Crippen molar-refractivity contribution in [2.24, 2.45) is 0 Å². The summed E-state index contributed by atoms with van der Waals surface area (Å²) in [7, 11) is 2.83. The average Bonchev–Trinajstić information content (AvgIpc) is 2.84. The molecular weight excluding hydrogens is 238 g/mol. The number of esters is 1. The molecule has 18 heavy (non-hydrogen) atoms. The van der Waals surface area contributed by atoms with Crippen LogP contribution >= 0.6 is 0 Å². The third-order valence-electron chi connectivity index (χ3n) is 2.64. The maximum absolute atomic E-state index is 11.8. The minimum atomic E-state index is -0.562. The van der Waals surface area contributed by atoms with Crippen LogP contribution in [-0.2, 0) is 14.3 Å². The lowest BCUT2D eigenvalue weighted by atomic mass is 10.2. The van der Waals surface area contributed by atoms with Gasteiger partial charge in [-0.25, -0.2) is 0 Å². The molecule has 96 valence electrons. The van der Waals surface area contributed by atoms with E-state index in [9.17, 15) is 9.59 Å². The fourth-order valence-corrected chi connectivity index (χ4v) is 1.55. The number of carbonyl (C=O) groups excluding carboxylic acids is 2. The standard InChI is InChI=1S/C12H13NO5/c1-13(11(14)6-12(15)16-2)8-3-4-9-10(5-8)18-7-17-9/h3-5H,6-7H2,1-2H3. The van der Waals surface area contributed by atoms with E-state index >= 15 is 0 Å². The van der Waals surface area contributed by atoms with Gasteiger partial charge in [-0.05, 0) is 12.1 Å². The molecule has 2 rings (SSSR count). The maximum Gasteiger partial charge on any atom is 0.315 e. The number of amides is 1. The van der Waals surface area contributed by atoms with Crippen LogP contribution in [-0.4, -0.2) is 32.8 Å². The second-order valence-electron chi connectivity index (χ2n) is 3.74. The smallest absolute Gasteiger partial charge is 0.315 e. The Bertz CT molecular complexity index is 485. The first kappa shape index (κ1) is 12.2. The Hall–Kier alpha value is -2.24. The summed E-state index contributed by atoms with van der Waals surface area (Å²) in [6, 6.07) is 5.14. The monoisotopic (exact) mass is 251 g/mol. The normalized spacial score (nSPS) is 12.1. The lowest BCUT2D eigenvalue weighted by Crippen LogP contribution is -2.28. The average molecular weight is 251 g/mol. The lowest BCUT2D eigenvalue weighted by molar-refractivity contribution is -0.143. The van der Waals surface area contributed by atoms with Crippen LogP contribution in [0, 0.1) is 0 Å². The molecule has 0 saturated heterocycles. The molecule has 0 atom stereocenters. The fourth-order valence-electron chi connectivity index (χ4n) is 1.55. The topological polar surface area (TPSA) is 65.1 Å². The Morgan fingerprint density at radius 1 is 1.33 bits per heavy atom. The SMILES string of the molecule is COC(=O)CC(=O)N(C)c1ccc2c(c1)OCO2. The highest BCUT2D eigenvalue weighted by Crippen LogP contribution is 2.35. The van der Waals surface area contributed by atoms with Crippen molar-refractivity contribution >= 4 is 17.6 Å². The zero-order valence-corrected chi connectivity index (χ0v) is 10.1. The van der Waals surface area contributed by atoms with Crippen LogP contribution in [0.5, 0.6) is 11.5 Å². The number of nitrogens with zero attached hydrogens (tertiary/aromatic N) is 1. The number of carbonyl (C=O) groups is 2. The molecule has 1 aliphatic rings. The molecule has 6 heteroatoms. The van der Waals surface area contributed by atoms with E-state index in [0.29, 0.717) is 17.2 Å². The van der Waals surface area contributed by atoms with Crippen LogP contribution in [0.1, 0.15) is 6.42 Å². The summed E-state index contributed by atoms with van der Waals surface area (Å²) in [6.45, 7) is 0.179. The highest BCUT2D eigenvalue weighted by Gasteiger charge is 2.19. The van der Waals surface area contributed by atoms with E-state index < -0.39 is 5.97 Å². The van der Waals surface area contributed by atoms with Gasteiger partial charge in [-0.2, -0.15) is 0 Å². The van der Waals surface area contributed by atoms with Crippen molar-refractivity contribution in [3.63, 3.8) is 0 Å². The predicted octanol–water partition coefficient (Wildman–Crippen LogP) is 0.941. The predicted molar refractivity (Wildman–Crippen MR) is 62.6 cm³/mol. The number of hydrogen-bond donors (Lipinski definition) is 0. The highest BCUT2D eigenvalue weighted by atomic mass is 16.7. The third kappa shape index (κ3) is 2.37. The van der Waals surface area contributed by atoms with Gasteiger partial charge in [0.1, 0.15) is 6.42 Å². The second kappa shape index (κ2) is 4.95. The largest absolute Gasteiger partial charge is 0.469 e. The molecule has 6 nitrogen and oxygen atoms in total. The van der Waals surface area contributed by atoms with E-state index in [1.165, 1.54) is 12.0 Å². The first-order valence-electron chi connectivity index (χ1n) is 5.35. The number of ether oxygens (including phenoxy) is 3. The van der Waals surface area contributed by atoms with Crippen LogP contribution in [0.2, 0.25) is 0 Å². The van der Waals surface area contributed by atoms with Crippen molar-refractivity contribution in [3.05, 3.63) is 18.2 Å². The summed E-state index contributed by atoms with van der Waals surface area (Å²) in [4.78, 5) is 24.2. The number of benzene rings is 1. The van der Waals surface area contributed by atoms with Crippen LogP contribution < -0.4 is 14.4 Å². The van der Waals surface area contributed by atoms with E-state index in [1.807, 2.05) is 0 Å². The zero-order valence-electron chi connectivity index (χ0n) is 10.1. The fraction of sp³-hybridized carbons (Fsp3) is 0.333. The maximum atomic E-state index is 11.8. The van der Waals surface area contributed by atoms with Crippen LogP contribution in [0.4, 0.5) is 5.69 Å². The molecule has 0 aliphatic carbocycles.